The zero-order valence-corrected chi connectivity index (χ0v) is 12.6. The molecule has 21 heavy (non-hydrogen) atoms. The number of amides is 1. The van der Waals surface area contributed by atoms with Crippen LogP contribution in [0.3, 0.4) is 0 Å². The average molecular weight is 282 g/mol. The topological polar surface area (TPSA) is 46.3 Å². The number of carbonyl (C=O) groups excluding carboxylic acids is 1. The molecule has 1 atom stereocenters. The molecule has 0 aliphatic rings. The third-order valence-corrected chi connectivity index (χ3v) is 3.49. The third-order valence-electron chi connectivity index (χ3n) is 3.49. The molecule has 0 bridgehead atoms. The smallest absolute Gasteiger partial charge is 0.239 e. The summed E-state index contributed by atoms with van der Waals surface area (Å²) in [6.07, 6.45) is 0.567. The number of hydrogen-bond donors (Lipinski definition) is 1. The van der Waals surface area contributed by atoms with Crippen LogP contribution in [0.2, 0.25) is 0 Å². The predicted octanol–water partition coefficient (Wildman–Crippen LogP) is 2.52. The third kappa shape index (κ3) is 4.43. The minimum Gasteiger partial charge on any atom is -0.340 e. The summed E-state index contributed by atoms with van der Waals surface area (Å²) in [5.41, 5.74) is 9.45. The van der Waals surface area contributed by atoms with E-state index in [0.717, 1.165) is 11.1 Å². The highest BCUT2D eigenvalue weighted by Crippen LogP contribution is 2.09. The van der Waals surface area contributed by atoms with Gasteiger partial charge in [0.1, 0.15) is 0 Å². The molecule has 0 saturated heterocycles. The Kier molecular flexibility index (Phi) is 5.12. The van der Waals surface area contributed by atoms with Gasteiger partial charge in [-0.05, 0) is 24.5 Å². The van der Waals surface area contributed by atoms with Crippen molar-refractivity contribution in [2.24, 2.45) is 5.73 Å². The molecule has 110 valence electrons. The van der Waals surface area contributed by atoms with Crippen LogP contribution >= 0.6 is 0 Å². The molecule has 2 aromatic carbocycles. The summed E-state index contributed by atoms with van der Waals surface area (Å²) in [6.45, 7) is 2.63. The maximum atomic E-state index is 12.3. The summed E-state index contributed by atoms with van der Waals surface area (Å²) in [5, 5.41) is 0. The fourth-order valence-electron chi connectivity index (χ4n) is 2.40. The van der Waals surface area contributed by atoms with Crippen LogP contribution in [-0.4, -0.2) is 23.9 Å². The van der Waals surface area contributed by atoms with E-state index in [1.54, 1.807) is 11.9 Å². The van der Waals surface area contributed by atoms with Crippen molar-refractivity contribution in [3.05, 3.63) is 71.3 Å². The van der Waals surface area contributed by atoms with E-state index >= 15 is 0 Å². The van der Waals surface area contributed by atoms with Crippen LogP contribution in [0.4, 0.5) is 0 Å². The molecule has 0 saturated carbocycles. The second-order valence-corrected chi connectivity index (χ2v) is 5.48. The maximum absolute atomic E-state index is 12.3. The normalized spacial score (nSPS) is 12.0. The van der Waals surface area contributed by atoms with Crippen LogP contribution in [0.25, 0.3) is 0 Å². The molecular formula is C18H22N2O. The maximum Gasteiger partial charge on any atom is 0.239 e. The Morgan fingerprint density at radius 1 is 1.10 bits per heavy atom. The summed E-state index contributed by atoms with van der Waals surface area (Å²) in [6, 6.07) is 17.5. The zero-order valence-electron chi connectivity index (χ0n) is 12.6. The highest BCUT2D eigenvalue weighted by Gasteiger charge is 2.18. The van der Waals surface area contributed by atoms with Gasteiger partial charge in [-0.1, -0.05) is 60.2 Å². The molecule has 0 spiro atoms. The highest BCUT2D eigenvalue weighted by atomic mass is 16.2. The largest absolute Gasteiger partial charge is 0.340 e. The van der Waals surface area contributed by atoms with Gasteiger partial charge in [-0.3, -0.25) is 4.79 Å². The summed E-state index contributed by atoms with van der Waals surface area (Å²) >= 11 is 0. The van der Waals surface area contributed by atoms with E-state index in [4.69, 9.17) is 5.73 Å². The quantitative estimate of drug-likeness (QED) is 0.916. The van der Waals surface area contributed by atoms with Gasteiger partial charge in [0.15, 0.2) is 0 Å². The van der Waals surface area contributed by atoms with Gasteiger partial charge in [0.2, 0.25) is 5.91 Å². The number of rotatable bonds is 5. The van der Waals surface area contributed by atoms with Gasteiger partial charge in [0, 0.05) is 13.6 Å². The number of nitrogens with two attached hydrogens (primary N) is 1. The summed E-state index contributed by atoms with van der Waals surface area (Å²) < 4.78 is 0. The molecule has 0 aliphatic heterocycles. The molecule has 2 N–H and O–H groups in total. The van der Waals surface area contributed by atoms with E-state index < -0.39 is 6.04 Å². The van der Waals surface area contributed by atoms with Crippen molar-refractivity contribution >= 4 is 5.91 Å². The molecule has 1 amide bonds. The van der Waals surface area contributed by atoms with Crippen LogP contribution < -0.4 is 5.73 Å². The molecule has 2 rings (SSSR count). The van der Waals surface area contributed by atoms with Gasteiger partial charge in [0.25, 0.3) is 0 Å². The fraction of sp³-hybridized carbons (Fsp3) is 0.278. The van der Waals surface area contributed by atoms with Gasteiger partial charge in [-0.2, -0.15) is 0 Å². The number of likely N-dealkylation sites (N-methyl/N-ethyl adjacent to an activating group) is 1. The van der Waals surface area contributed by atoms with Crippen LogP contribution in [-0.2, 0) is 17.8 Å². The van der Waals surface area contributed by atoms with Gasteiger partial charge >= 0.3 is 0 Å². The molecule has 0 aliphatic carbocycles. The summed E-state index contributed by atoms with van der Waals surface area (Å²) in [4.78, 5) is 14.0. The van der Waals surface area contributed by atoms with E-state index in [1.807, 2.05) is 55.5 Å². The fourth-order valence-corrected chi connectivity index (χ4v) is 2.40. The molecular weight excluding hydrogens is 260 g/mol. The second kappa shape index (κ2) is 7.04. The lowest BCUT2D eigenvalue weighted by Crippen LogP contribution is -2.42. The van der Waals surface area contributed by atoms with E-state index in [0.29, 0.717) is 13.0 Å². The van der Waals surface area contributed by atoms with Gasteiger partial charge in [-0.15, -0.1) is 0 Å². The zero-order chi connectivity index (χ0) is 15.2. The second-order valence-electron chi connectivity index (χ2n) is 5.48. The molecule has 1 unspecified atom stereocenters. The van der Waals surface area contributed by atoms with Crippen LogP contribution in [0.15, 0.2) is 54.6 Å². The molecule has 2 aromatic rings. The summed E-state index contributed by atoms with van der Waals surface area (Å²) in [5.74, 6) is -0.0274. The highest BCUT2D eigenvalue weighted by molar-refractivity contribution is 5.81. The first-order valence-electron chi connectivity index (χ1n) is 7.16. The number of benzene rings is 2. The minimum absolute atomic E-state index is 0.0274. The Labute approximate surface area is 126 Å². The monoisotopic (exact) mass is 282 g/mol. The van der Waals surface area contributed by atoms with Crippen molar-refractivity contribution in [2.45, 2.75) is 25.9 Å². The lowest BCUT2D eigenvalue weighted by atomic mass is 10.1. The number of hydrogen-bond acceptors (Lipinski definition) is 2. The van der Waals surface area contributed by atoms with E-state index in [2.05, 4.69) is 6.07 Å². The van der Waals surface area contributed by atoms with Crippen molar-refractivity contribution in [1.29, 1.82) is 0 Å². The van der Waals surface area contributed by atoms with Crippen molar-refractivity contribution in [1.82, 2.24) is 4.90 Å². The first-order chi connectivity index (χ1) is 10.1. The van der Waals surface area contributed by atoms with Gasteiger partial charge < -0.3 is 10.6 Å². The first-order valence-corrected chi connectivity index (χ1v) is 7.16. The van der Waals surface area contributed by atoms with Crippen LogP contribution in [0.5, 0.6) is 0 Å². The van der Waals surface area contributed by atoms with Crippen molar-refractivity contribution < 1.29 is 4.79 Å². The molecule has 0 heterocycles. The lowest BCUT2D eigenvalue weighted by molar-refractivity contribution is -0.131. The Hall–Kier alpha value is -2.13. The molecule has 3 nitrogen and oxygen atoms in total. The Morgan fingerprint density at radius 2 is 1.76 bits per heavy atom. The first kappa shape index (κ1) is 15.3. The van der Waals surface area contributed by atoms with E-state index in [9.17, 15) is 4.79 Å². The Morgan fingerprint density at radius 3 is 2.43 bits per heavy atom. The van der Waals surface area contributed by atoms with Crippen molar-refractivity contribution in [2.75, 3.05) is 7.05 Å². The molecule has 0 radical (unpaired) electrons. The number of nitrogens with zero attached hydrogens (tertiary/aromatic N) is 1. The average Bonchev–Trinajstić information content (AvgIpc) is 2.47. The SMILES string of the molecule is Cc1cccc(CN(C)C(=O)C(N)Cc2ccccc2)c1. The van der Waals surface area contributed by atoms with Crippen LogP contribution in [0, 0.1) is 6.92 Å². The standard InChI is InChI=1S/C18H22N2O/c1-14-7-6-10-16(11-14)13-20(2)18(21)17(19)12-15-8-4-3-5-9-15/h3-11,17H,12-13,19H2,1-2H3. The van der Waals surface area contributed by atoms with E-state index in [-0.39, 0.29) is 5.91 Å². The molecule has 0 aromatic heterocycles. The number of aryl methyl sites for hydroxylation is 1. The van der Waals surface area contributed by atoms with Crippen LogP contribution in [0.1, 0.15) is 16.7 Å². The minimum atomic E-state index is -0.498. The van der Waals surface area contributed by atoms with Crippen molar-refractivity contribution in [3.63, 3.8) is 0 Å². The lowest BCUT2D eigenvalue weighted by Gasteiger charge is -2.21. The summed E-state index contributed by atoms with van der Waals surface area (Å²) in [7, 11) is 1.80. The predicted molar refractivity (Wildman–Crippen MR) is 85.8 cm³/mol. The Balaban J connectivity index is 1.95. The van der Waals surface area contributed by atoms with E-state index in [1.165, 1.54) is 5.56 Å². The molecule has 3 heteroatoms. The van der Waals surface area contributed by atoms with Gasteiger partial charge in [-0.25, -0.2) is 0 Å². The van der Waals surface area contributed by atoms with Gasteiger partial charge in [0.05, 0.1) is 6.04 Å². The van der Waals surface area contributed by atoms with Crippen molar-refractivity contribution in [3.8, 4) is 0 Å². The molecule has 0 fully saturated rings. The number of carbonyl (C=O) groups is 1. The Bertz CT molecular complexity index is 595.